The average Bonchev–Trinajstić information content (AvgIpc) is 2.37. The van der Waals surface area contributed by atoms with Crippen LogP contribution in [0.25, 0.3) is 0 Å². The van der Waals surface area contributed by atoms with Crippen LogP contribution >= 0.6 is 11.8 Å². The molecule has 0 bridgehead atoms. The van der Waals surface area contributed by atoms with Crippen LogP contribution in [0.5, 0.6) is 0 Å². The van der Waals surface area contributed by atoms with Crippen molar-refractivity contribution in [2.24, 2.45) is 0 Å². The molecule has 1 saturated heterocycles. The molecule has 1 amide bonds. The van der Waals surface area contributed by atoms with Gasteiger partial charge >= 0.3 is 0 Å². The van der Waals surface area contributed by atoms with Crippen LogP contribution in [0.3, 0.4) is 0 Å². The molecule has 2 rings (SSSR count). The van der Waals surface area contributed by atoms with Gasteiger partial charge in [0.05, 0.1) is 0 Å². The maximum Gasteiger partial charge on any atom is 0.242 e. The van der Waals surface area contributed by atoms with E-state index in [1.54, 1.807) is 6.07 Å². The molecule has 7 heteroatoms. The van der Waals surface area contributed by atoms with Gasteiger partial charge in [0, 0.05) is 19.2 Å². The number of rotatable bonds is 3. The summed E-state index contributed by atoms with van der Waals surface area (Å²) in [6, 6.07) is 1.55. The van der Waals surface area contributed by atoms with Crippen molar-refractivity contribution in [2.75, 3.05) is 30.0 Å². The maximum atomic E-state index is 11.8. The number of anilines is 2. The molecule has 3 N–H and O–H groups in total. The van der Waals surface area contributed by atoms with E-state index in [2.05, 4.69) is 15.3 Å². The molecular formula is C11H17N5OS. The van der Waals surface area contributed by atoms with Crippen molar-refractivity contribution in [3.63, 3.8) is 0 Å². The molecular weight excluding hydrogens is 250 g/mol. The van der Waals surface area contributed by atoms with Gasteiger partial charge in [-0.25, -0.2) is 9.97 Å². The number of nitrogen functional groups attached to an aromatic ring is 1. The second-order valence-corrected chi connectivity index (χ2v) is 4.82. The van der Waals surface area contributed by atoms with E-state index in [1.807, 2.05) is 18.1 Å². The summed E-state index contributed by atoms with van der Waals surface area (Å²) in [6.45, 7) is 3.37. The SMILES string of the molecule is CCC1C(=O)NCCN1c1cc(N)nc(SC)n1. The van der Waals surface area contributed by atoms with E-state index >= 15 is 0 Å². The van der Waals surface area contributed by atoms with E-state index in [1.165, 1.54) is 11.8 Å². The zero-order valence-corrected chi connectivity index (χ0v) is 11.3. The number of nitrogens with zero attached hydrogens (tertiary/aromatic N) is 3. The van der Waals surface area contributed by atoms with Crippen molar-refractivity contribution < 1.29 is 4.79 Å². The van der Waals surface area contributed by atoms with Crippen molar-refractivity contribution in [3.05, 3.63) is 6.07 Å². The van der Waals surface area contributed by atoms with E-state index in [0.29, 0.717) is 17.5 Å². The van der Waals surface area contributed by atoms with Crippen molar-refractivity contribution in [2.45, 2.75) is 24.5 Å². The lowest BCUT2D eigenvalue weighted by molar-refractivity contribution is -0.123. The van der Waals surface area contributed by atoms with Gasteiger partial charge in [-0.2, -0.15) is 0 Å². The van der Waals surface area contributed by atoms with Crippen LogP contribution in [0.4, 0.5) is 11.6 Å². The summed E-state index contributed by atoms with van der Waals surface area (Å²) < 4.78 is 0. The fourth-order valence-electron chi connectivity index (χ4n) is 2.06. The zero-order chi connectivity index (χ0) is 13.1. The molecule has 0 spiro atoms. The van der Waals surface area contributed by atoms with Gasteiger partial charge in [-0.15, -0.1) is 0 Å². The highest BCUT2D eigenvalue weighted by Crippen LogP contribution is 2.22. The summed E-state index contributed by atoms with van der Waals surface area (Å²) in [6.07, 6.45) is 2.64. The molecule has 1 aromatic heterocycles. The largest absolute Gasteiger partial charge is 0.383 e. The predicted octanol–water partition coefficient (Wildman–Crippen LogP) is 0.495. The minimum absolute atomic E-state index is 0.0478. The lowest BCUT2D eigenvalue weighted by Gasteiger charge is -2.35. The van der Waals surface area contributed by atoms with E-state index < -0.39 is 0 Å². The van der Waals surface area contributed by atoms with Gasteiger partial charge < -0.3 is 16.0 Å². The number of nitrogens with two attached hydrogens (primary N) is 1. The van der Waals surface area contributed by atoms with Crippen LogP contribution in [0.15, 0.2) is 11.2 Å². The molecule has 6 nitrogen and oxygen atoms in total. The number of hydrogen-bond donors (Lipinski definition) is 2. The number of carbonyl (C=O) groups is 1. The van der Waals surface area contributed by atoms with Gasteiger partial charge in [-0.1, -0.05) is 18.7 Å². The average molecular weight is 267 g/mol. The first-order valence-corrected chi connectivity index (χ1v) is 7.11. The Labute approximate surface area is 110 Å². The van der Waals surface area contributed by atoms with Gasteiger partial charge in [0.25, 0.3) is 0 Å². The quantitative estimate of drug-likeness (QED) is 0.613. The second-order valence-electron chi connectivity index (χ2n) is 4.05. The minimum Gasteiger partial charge on any atom is -0.383 e. The first-order valence-electron chi connectivity index (χ1n) is 5.88. The Bertz CT molecular complexity index is 453. The molecule has 0 aromatic carbocycles. The fraction of sp³-hybridized carbons (Fsp3) is 0.545. The summed E-state index contributed by atoms with van der Waals surface area (Å²) >= 11 is 1.44. The number of thioether (sulfide) groups is 1. The summed E-state index contributed by atoms with van der Waals surface area (Å²) in [5.41, 5.74) is 5.77. The third-order valence-corrected chi connectivity index (χ3v) is 3.45. The van der Waals surface area contributed by atoms with Crippen molar-refractivity contribution in [3.8, 4) is 0 Å². The zero-order valence-electron chi connectivity index (χ0n) is 10.5. The molecule has 18 heavy (non-hydrogen) atoms. The van der Waals surface area contributed by atoms with Crippen molar-refractivity contribution >= 4 is 29.3 Å². The highest BCUT2D eigenvalue weighted by molar-refractivity contribution is 7.98. The van der Waals surface area contributed by atoms with Crippen LogP contribution in [-0.4, -0.2) is 41.3 Å². The molecule has 0 saturated carbocycles. The first kappa shape index (κ1) is 12.9. The van der Waals surface area contributed by atoms with Gasteiger partial charge in [0.15, 0.2) is 5.16 Å². The maximum absolute atomic E-state index is 11.8. The normalized spacial score (nSPS) is 19.8. The lowest BCUT2D eigenvalue weighted by Crippen LogP contribution is -2.55. The molecule has 1 unspecified atom stereocenters. The monoisotopic (exact) mass is 267 g/mol. The van der Waals surface area contributed by atoms with Gasteiger partial charge in [-0.3, -0.25) is 4.79 Å². The lowest BCUT2D eigenvalue weighted by atomic mass is 10.1. The Morgan fingerprint density at radius 2 is 2.39 bits per heavy atom. The molecule has 1 aliphatic heterocycles. The van der Waals surface area contributed by atoms with Crippen LogP contribution in [0.2, 0.25) is 0 Å². The Kier molecular flexibility index (Phi) is 3.90. The first-order chi connectivity index (χ1) is 8.65. The number of nitrogens with one attached hydrogen (secondary N) is 1. The number of hydrogen-bond acceptors (Lipinski definition) is 6. The fourth-order valence-corrected chi connectivity index (χ4v) is 2.44. The minimum atomic E-state index is -0.178. The Hall–Kier alpha value is -1.50. The summed E-state index contributed by atoms with van der Waals surface area (Å²) in [5.74, 6) is 1.21. The molecule has 1 aromatic rings. The summed E-state index contributed by atoms with van der Waals surface area (Å²) in [4.78, 5) is 22.4. The Morgan fingerprint density at radius 1 is 1.61 bits per heavy atom. The molecule has 0 aliphatic carbocycles. The molecule has 2 heterocycles. The summed E-state index contributed by atoms with van der Waals surface area (Å²) in [5, 5.41) is 3.50. The highest BCUT2D eigenvalue weighted by atomic mass is 32.2. The van der Waals surface area contributed by atoms with Crippen LogP contribution in [0, 0.1) is 0 Å². The van der Waals surface area contributed by atoms with Gasteiger partial charge in [-0.05, 0) is 12.7 Å². The second kappa shape index (κ2) is 5.43. The van der Waals surface area contributed by atoms with Crippen LogP contribution in [0.1, 0.15) is 13.3 Å². The Balaban J connectivity index is 2.34. The topological polar surface area (TPSA) is 84.1 Å². The summed E-state index contributed by atoms with van der Waals surface area (Å²) in [7, 11) is 0. The molecule has 98 valence electrons. The number of amides is 1. The van der Waals surface area contributed by atoms with Gasteiger partial charge in [0.1, 0.15) is 17.7 Å². The standard InChI is InChI=1S/C11H17N5OS/c1-3-7-10(17)13-4-5-16(7)9-6-8(12)14-11(15-9)18-2/h6-7H,3-5H2,1-2H3,(H,13,17)(H2,12,14,15). The van der Waals surface area contributed by atoms with Crippen LogP contribution in [-0.2, 0) is 4.79 Å². The molecule has 0 radical (unpaired) electrons. The molecule has 1 aliphatic rings. The predicted molar refractivity (Wildman–Crippen MR) is 72.7 cm³/mol. The van der Waals surface area contributed by atoms with E-state index in [0.717, 1.165) is 18.8 Å². The number of carbonyl (C=O) groups excluding carboxylic acids is 1. The highest BCUT2D eigenvalue weighted by Gasteiger charge is 2.29. The molecule has 1 fully saturated rings. The smallest absolute Gasteiger partial charge is 0.242 e. The van der Waals surface area contributed by atoms with E-state index in [-0.39, 0.29) is 11.9 Å². The Morgan fingerprint density at radius 3 is 3.06 bits per heavy atom. The number of aromatic nitrogens is 2. The van der Waals surface area contributed by atoms with Crippen molar-refractivity contribution in [1.82, 2.24) is 15.3 Å². The van der Waals surface area contributed by atoms with Gasteiger partial charge in [0.2, 0.25) is 5.91 Å². The third kappa shape index (κ3) is 2.50. The van der Waals surface area contributed by atoms with Crippen LogP contribution < -0.4 is 16.0 Å². The molecule has 1 atom stereocenters. The van der Waals surface area contributed by atoms with E-state index in [4.69, 9.17) is 5.73 Å². The number of piperazine rings is 1. The third-order valence-electron chi connectivity index (χ3n) is 2.91. The van der Waals surface area contributed by atoms with Crippen molar-refractivity contribution in [1.29, 1.82) is 0 Å². The van der Waals surface area contributed by atoms with E-state index in [9.17, 15) is 4.79 Å².